The lowest BCUT2D eigenvalue weighted by Crippen LogP contribution is -2.52. The highest BCUT2D eigenvalue weighted by Gasteiger charge is 2.33. The minimum Gasteiger partial charge on any atom is -0.368 e. The summed E-state index contributed by atoms with van der Waals surface area (Å²) in [6.45, 7) is 8.29. The maximum Gasteiger partial charge on any atom is 0.235 e. The lowest BCUT2D eigenvalue weighted by Gasteiger charge is -2.32. The van der Waals surface area contributed by atoms with Gasteiger partial charge < -0.3 is 11.1 Å². The molecule has 1 atom stereocenters. The summed E-state index contributed by atoms with van der Waals surface area (Å²) in [5.74, 6) is -0.291. The molecule has 3 N–H and O–H groups in total. The smallest absolute Gasteiger partial charge is 0.235 e. The number of hydrogen-bond donors (Lipinski definition) is 2. The molecule has 1 amide bonds. The van der Waals surface area contributed by atoms with Gasteiger partial charge in [-0.25, -0.2) is 0 Å². The number of amides is 1. The minimum absolute atomic E-state index is 0.158. The molecule has 0 aliphatic heterocycles. The summed E-state index contributed by atoms with van der Waals surface area (Å²) in [5.41, 5.74) is 5.29. The summed E-state index contributed by atoms with van der Waals surface area (Å²) in [4.78, 5) is 11.1. The number of carbonyl (C=O) groups is 1. The highest BCUT2D eigenvalue weighted by atomic mass is 32.2. The van der Waals surface area contributed by atoms with E-state index in [0.717, 1.165) is 0 Å². The van der Waals surface area contributed by atoms with Crippen molar-refractivity contribution >= 4 is 17.7 Å². The van der Waals surface area contributed by atoms with Gasteiger partial charge in [0.15, 0.2) is 0 Å². The standard InChI is InChI=1S/C9H20N2OS/c1-6(2)13-9(3,4)7(11-5)8(10)12/h6-7,11H,1-5H3,(H2,10,12). The Kier molecular flexibility index (Phi) is 4.78. The predicted octanol–water partition coefficient (Wildman–Crippen LogP) is 0.980. The normalized spacial score (nSPS) is 14.6. The van der Waals surface area contributed by atoms with E-state index in [2.05, 4.69) is 19.2 Å². The minimum atomic E-state index is -0.291. The average molecular weight is 204 g/mol. The van der Waals surface area contributed by atoms with E-state index in [9.17, 15) is 4.79 Å². The summed E-state index contributed by atoms with van der Waals surface area (Å²) >= 11 is 1.75. The first-order valence-electron chi connectivity index (χ1n) is 4.45. The van der Waals surface area contributed by atoms with E-state index in [0.29, 0.717) is 5.25 Å². The molecule has 0 aliphatic carbocycles. The van der Waals surface area contributed by atoms with Crippen molar-refractivity contribution < 1.29 is 4.79 Å². The van der Waals surface area contributed by atoms with Crippen LogP contribution in [0.5, 0.6) is 0 Å². The third-order valence-corrected chi connectivity index (χ3v) is 3.12. The SMILES string of the molecule is CNC(C(N)=O)C(C)(C)SC(C)C. The second-order valence-corrected chi connectivity index (χ2v) is 6.12. The molecule has 0 heterocycles. The quantitative estimate of drug-likeness (QED) is 0.702. The van der Waals surface area contributed by atoms with Crippen LogP contribution in [0, 0.1) is 0 Å². The molecule has 3 nitrogen and oxygen atoms in total. The number of nitrogens with one attached hydrogen (secondary N) is 1. The molecule has 1 unspecified atom stereocenters. The molecule has 0 radical (unpaired) electrons. The van der Waals surface area contributed by atoms with Gasteiger partial charge in [0.25, 0.3) is 0 Å². The first kappa shape index (κ1) is 12.8. The zero-order valence-electron chi connectivity index (χ0n) is 9.05. The molecule has 0 fully saturated rings. The van der Waals surface area contributed by atoms with Crippen LogP contribution in [0.15, 0.2) is 0 Å². The molecular formula is C9H20N2OS. The van der Waals surface area contributed by atoms with E-state index in [1.54, 1.807) is 18.8 Å². The van der Waals surface area contributed by atoms with Crippen LogP contribution in [-0.2, 0) is 4.79 Å². The van der Waals surface area contributed by atoms with Gasteiger partial charge in [-0.15, -0.1) is 0 Å². The fourth-order valence-electron chi connectivity index (χ4n) is 1.51. The van der Waals surface area contributed by atoms with Crippen molar-refractivity contribution in [1.29, 1.82) is 0 Å². The Morgan fingerprint density at radius 3 is 2.15 bits per heavy atom. The third kappa shape index (κ3) is 4.00. The monoisotopic (exact) mass is 204 g/mol. The van der Waals surface area contributed by atoms with Gasteiger partial charge in [-0.3, -0.25) is 4.79 Å². The molecule has 0 aliphatic rings. The molecule has 0 aromatic heterocycles. The Morgan fingerprint density at radius 1 is 1.46 bits per heavy atom. The van der Waals surface area contributed by atoms with Crippen molar-refractivity contribution in [2.75, 3.05) is 7.05 Å². The maximum atomic E-state index is 11.1. The highest BCUT2D eigenvalue weighted by molar-refractivity contribution is 8.01. The van der Waals surface area contributed by atoms with Crippen molar-refractivity contribution in [3.05, 3.63) is 0 Å². The van der Waals surface area contributed by atoms with Crippen molar-refractivity contribution in [1.82, 2.24) is 5.32 Å². The Bertz CT molecular complexity index is 180. The molecule has 78 valence electrons. The Hall–Kier alpha value is -0.220. The van der Waals surface area contributed by atoms with Gasteiger partial charge in [-0.05, 0) is 26.1 Å². The number of primary amides is 1. The number of hydrogen-bond acceptors (Lipinski definition) is 3. The van der Waals surface area contributed by atoms with Gasteiger partial charge >= 0.3 is 0 Å². The van der Waals surface area contributed by atoms with Gasteiger partial charge in [0.05, 0.1) is 0 Å². The van der Waals surface area contributed by atoms with E-state index in [-0.39, 0.29) is 16.7 Å². The topological polar surface area (TPSA) is 55.1 Å². The third-order valence-electron chi connectivity index (χ3n) is 1.81. The molecule has 0 bridgehead atoms. The van der Waals surface area contributed by atoms with Gasteiger partial charge in [-0.2, -0.15) is 11.8 Å². The Labute approximate surface area is 84.8 Å². The summed E-state index contributed by atoms with van der Waals surface area (Å²) in [6, 6.07) is -0.278. The van der Waals surface area contributed by atoms with Crippen LogP contribution in [0.3, 0.4) is 0 Å². The number of thioether (sulfide) groups is 1. The molecule has 4 heteroatoms. The van der Waals surface area contributed by atoms with Crippen molar-refractivity contribution in [3.8, 4) is 0 Å². The number of likely N-dealkylation sites (N-methyl/N-ethyl adjacent to an activating group) is 1. The van der Waals surface area contributed by atoms with E-state index < -0.39 is 0 Å². The first-order chi connectivity index (χ1) is 5.81. The number of carbonyl (C=O) groups excluding carboxylic acids is 1. The lowest BCUT2D eigenvalue weighted by molar-refractivity contribution is -0.120. The Morgan fingerprint density at radius 2 is 1.92 bits per heavy atom. The summed E-state index contributed by atoms with van der Waals surface area (Å²) in [6.07, 6.45) is 0. The lowest BCUT2D eigenvalue weighted by atomic mass is 10.0. The molecule has 0 aromatic carbocycles. The average Bonchev–Trinajstić information content (AvgIpc) is 1.82. The van der Waals surface area contributed by atoms with Crippen LogP contribution in [0.1, 0.15) is 27.7 Å². The van der Waals surface area contributed by atoms with E-state index >= 15 is 0 Å². The maximum absolute atomic E-state index is 11.1. The molecule has 0 aromatic rings. The second-order valence-electron chi connectivity index (χ2n) is 3.89. The van der Waals surface area contributed by atoms with Crippen LogP contribution in [0.4, 0.5) is 0 Å². The zero-order valence-corrected chi connectivity index (χ0v) is 9.87. The second kappa shape index (κ2) is 4.86. The van der Waals surface area contributed by atoms with Crippen LogP contribution in [-0.4, -0.2) is 29.0 Å². The summed E-state index contributed by atoms with van der Waals surface area (Å²) in [5, 5.41) is 3.44. The fraction of sp³-hybridized carbons (Fsp3) is 0.889. The van der Waals surface area contributed by atoms with Crippen LogP contribution < -0.4 is 11.1 Å². The molecule has 0 rings (SSSR count). The molecule has 0 saturated carbocycles. The molecular weight excluding hydrogens is 184 g/mol. The van der Waals surface area contributed by atoms with Crippen LogP contribution in [0.25, 0.3) is 0 Å². The van der Waals surface area contributed by atoms with Gasteiger partial charge in [0.1, 0.15) is 6.04 Å². The summed E-state index contributed by atoms with van der Waals surface area (Å²) in [7, 11) is 1.76. The Balaban J connectivity index is 4.47. The van der Waals surface area contributed by atoms with E-state index in [4.69, 9.17) is 5.73 Å². The van der Waals surface area contributed by atoms with Crippen LogP contribution >= 0.6 is 11.8 Å². The predicted molar refractivity (Wildman–Crippen MR) is 58.8 cm³/mol. The first-order valence-corrected chi connectivity index (χ1v) is 5.33. The van der Waals surface area contributed by atoms with Gasteiger partial charge in [0.2, 0.25) is 5.91 Å². The molecule has 13 heavy (non-hydrogen) atoms. The number of rotatable bonds is 5. The largest absolute Gasteiger partial charge is 0.368 e. The van der Waals surface area contributed by atoms with Crippen LogP contribution in [0.2, 0.25) is 0 Å². The van der Waals surface area contributed by atoms with Crippen molar-refractivity contribution in [3.63, 3.8) is 0 Å². The fourth-order valence-corrected chi connectivity index (χ4v) is 3.09. The van der Waals surface area contributed by atoms with Gasteiger partial charge in [0, 0.05) is 4.75 Å². The van der Waals surface area contributed by atoms with Gasteiger partial charge in [-0.1, -0.05) is 13.8 Å². The summed E-state index contributed by atoms with van der Waals surface area (Å²) < 4.78 is -0.158. The number of nitrogens with two attached hydrogens (primary N) is 1. The molecule has 0 spiro atoms. The van der Waals surface area contributed by atoms with Crippen molar-refractivity contribution in [2.24, 2.45) is 5.73 Å². The zero-order chi connectivity index (χ0) is 10.6. The van der Waals surface area contributed by atoms with Crippen molar-refractivity contribution in [2.45, 2.75) is 43.7 Å². The molecule has 0 saturated heterocycles. The van der Waals surface area contributed by atoms with E-state index in [1.807, 2.05) is 13.8 Å². The van der Waals surface area contributed by atoms with E-state index in [1.165, 1.54) is 0 Å². The highest BCUT2D eigenvalue weighted by Crippen LogP contribution is 2.31.